The Morgan fingerprint density at radius 1 is 0.558 bits per heavy atom. The van der Waals surface area contributed by atoms with Crippen LogP contribution in [-0.4, -0.2) is 58.9 Å². The first kappa shape index (κ1) is 38.1. The third kappa shape index (κ3) is 12.3. The second kappa shape index (κ2) is 15.9. The summed E-state index contributed by atoms with van der Waals surface area (Å²) in [5.74, 6) is 2.90. The van der Waals surface area contributed by atoms with Crippen molar-refractivity contribution in [3.63, 3.8) is 0 Å². The summed E-state index contributed by atoms with van der Waals surface area (Å²) in [6.45, 7) is 26.0. The number of rotatable bonds is 16. The number of hydrogen-bond acceptors (Lipinski definition) is 5. The van der Waals surface area contributed by atoms with Gasteiger partial charge in [-0.25, -0.2) is 0 Å². The zero-order valence-corrected chi connectivity index (χ0v) is 30.9. The molecule has 4 unspecified atom stereocenters. The van der Waals surface area contributed by atoms with Gasteiger partial charge in [-0.15, -0.1) is 23.2 Å². The molecular weight excluding hydrogens is 599 g/mol. The number of benzene rings is 2. The summed E-state index contributed by atoms with van der Waals surface area (Å²) in [7, 11) is 0. The van der Waals surface area contributed by atoms with Crippen molar-refractivity contribution >= 4 is 35.0 Å². The average molecular weight is 656 g/mol. The molecule has 2 aromatic carbocycles. The van der Waals surface area contributed by atoms with Gasteiger partial charge in [0.2, 0.25) is 0 Å². The molecule has 0 aliphatic carbocycles. The molecule has 0 aliphatic rings. The van der Waals surface area contributed by atoms with Gasteiger partial charge in [0.25, 0.3) is 0 Å². The molecule has 43 heavy (non-hydrogen) atoms. The van der Waals surface area contributed by atoms with E-state index in [2.05, 4.69) is 65.8 Å². The molecule has 0 bridgehead atoms. The molecule has 0 fully saturated rings. The van der Waals surface area contributed by atoms with E-state index in [-0.39, 0.29) is 33.8 Å². The molecule has 7 heteroatoms. The third-order valence-corrected chi connectivity index (χ3v) is 10.1. The van der Waals surface area contributed by atoms with Gasteiger partial charge in [-0.3, -0.25) is 0 Å². The van der Waals surface area contributed by atoms with Crippen molar-refractivity contribution in [3.05, 3.63) is 59.7 Å². The number of alkyl halides is 2. The molecule has 0 N–H and O–H groups in total. The fourth-order valence-electron chi connectivity index (χ4n) is 4.66. The highest BCUT2D eigenvalue weighted by Gasteiger charge is 2.39. The highest BCUT2D eigenvalue weighted by atomic mass is 35.5. The third-order valence-electron chi connectivity index (χ3n) is 7.35. The van der Waals surface area contributed by atoms with Crippen LogP contribution in [0.1, 0.15) is 94.2 Å². The summed E-state index contributed by atoms with van der Waals surface area (Å²) in [4.78, 5) is 0. The summed E-state index contributed by atoms with van der Waals surface area (Å²) < 4.78 is 25.1. The van der Waals surface area contributed by atoms with Gasteiger partial charge in [0.1, 0.15) is 35.9 Å². The van der Waals surface area contributed by atoms with Gasteiger partial charge >= 0.3 is 0 Å². The van der Waals surface area contributed by atoms with Crippen molar-refractivity contribution in [2.45, 2.75) is 128 Å². The van der Waals surface area contributed by atoms with Crippen LogP contribution in [0.25, 0.3) is 0 Å². The van der Waals surface area contributed by atoms with Crippen LogP contribution in [0, 0.1) is 0 Å². The molecule has 0 aromatic heterocycles. The molecule has 0 saturated carbocycles. The van der Waals surface area contributed by atoms with Crippen molar-refractivity contribution in [2.75, 3.05) is 24.7 Å². The van der Waals surface area contributed by atoms with Crippen LogP contribution in [0.2, 0.25) is 0 Å². The molecule has 0 radical (unpaired) electrons. The predicted octanol–water partition coefficient (Wildman–Crippen LogP) is 10.1. The van der Waals surface area contributed by atoms with E-state index in [9.17, 15) is 0 Å². The topological polar surface area (TPSA) is 36.9 Å². The molecule has 4 atom stereocenters. The molecule has 4 nitrogen and oxygen atoms in total. The van der Waals surface area contributed by atoms with E-state index in [1.807, 2.05) is 65.8 Å². The summed E-state index contributed by atoms with van der Waals surface area (Å²) >= 11 is 15.7. The quantitative estimate of drug-likeness (QED) is 0.168. The summed E-state index contributed by atoms with van der Waals surface area (Å²) in [6.07, 6.45) is 0.00229. The molecule has 0 amide bonds. The maximum absolute atomic E-state index is 7.03. The second-order valence-electron chi connectivity index (χ2n) is 14.6. The predicted molar refractivity (Wildman–Crippen MR) is 187 cm³/mol. The molecule has 0 saturated heterocycles. The Bertz CT molecular complexity index is 1000. The zero-order chi connectivity index (χ0) is 32.6. The highest BCUT2D eigenvalue weighted by Crippen LogP contribution is 2.32. The van der Waals surface area contributed by atoms with Crippen molar-refractivity contribution < 1.29 is 18.9 Å². The van der Waals surface area contributed by atoms with E-state index in [1.54, 1.807) is 11.8 Å². The van der Waals surface area contributed by atoms with Gasteiger partial charge in [-0.05, 0) is 87.8 Å². The Labute approximate surface area is 276 Å². The van der Waals surface area contributed by atoms with Crippen molar-refractivity contribution in [3.8, 4) is 11.5 Å². The van der Waals surface area contributed by atoms with Crippen molar-refractivity contribution in [1.29, 1.82) is 0 Å². The Balaban J connectivity index is 2.02. The van der Waals surface area contributed by atoms with E-state index >= 15 is 0 Å². The molecule has 2 rings (SSSR count). The fraction of sp³-hybridized carbons (Fsp3) is 0.667. The zero-order valence-electron chi connectivity index (χ0n) is 28.6. The van der Waals surface area contributed by atoms with Crippen LogP contribution in [-0.2, 0) is 20.3 Å². The lowest BCUT2D eigenvalue weighted by Crippen LogP contribution is -2.48. The Kier molecular flexibility index (Phi) is 14.1. The number of ether oxygens (including phenoxy) is 4. The first-order chi connectivity index (χ1) is 19.7. The standard InChI is InChI=1S/C36H56Cl2O4S/c1-25(2)41-35(11,23-39-29-17-13-27(14-18-29)33(5,6)7)31(37)21-43-22-32(38)36(12,42-26(3)4)24-40-30-19-15-28(16-20-30)34(8,9)10/h13-20,25-26,31-32H,21-24H2,1-12H3. The second-order valence-corrected chi connectivity index (χ2v) is 16.7. The SMILES string of the molecule is CC(C)OC(C)(COc1ccc(C(C)(C)C)cc1)C(Cl)CSCC(Cl)C(C)(COc1ccc(C(C)(C)C)cc1)OC(C)C. The smallest absolute Gasteiger partial charge is 0.119 e. The lowest BCUT2D eigenvalue weighted by molar-refractivity contribution is -0.0902. The van der Waals surface area contributed by atoms with E-state index in [4.69, 9.17) is 42.1 Å². The Morgan fingerprint density at radius 3 is 1.12 bits per heavy atom. The molecule has 244 valence electrons. The largest absolute Gasteiger partial charge is 0.491 e. The lowest BCUT2D eigenvalue weighted by atomic mass is 9.87. The van der Waals surface area contributed by atoms with E-state index in [0.29, 0.717) is 24.7 Å². The highest BCUT2D eigenvalue weighted by molar-refractivity contribution is 7.99. The Morgan fingerprint density at radius 2 is 0.860 bits per heavy atom. The van der Waals surface area contributed by atoms with E-state index in [1.165, 1.54) is 11.1 Å². The van der Waals surface area contributed by atoms with Crippen LogP contribution < -0.4 is 9.47 Å². The fourth-order valence-corrected chi connectivity index (χ4v) is 6.68. The summed E-state index contributed by atoms with van der Waals surface area (Å²) in [5, 5.41) is -0.597. The number of halogens is 2. The number of hydrogen-bond donors (Lipinski definition) is 0. The van der Waals surface area contributed by atoms with Crippen LogP contribution in [0.5, 0.6) is 11.5 Å². The van der Waals surface area contributed by atoms with Crippen LogP contribution in [0.4, 0.5) is 0 Å². The minimum absolute atomic E-state index is 0.00115. The molecular formula is C36H56Cl2O4S. The minimum atomic E-state index is -0.687. The van der Waals surface area contributed by atoms with Crippen LogP contribution in [0.3, 0.4) is 0 Å². The van der Waals surface area contributed by atoms with Crippen LogP contribution in [0.15, 0.2) is 48.5 Å². The molecule has 0 heterocycles. The molecule has 2 aromatic rings. The van der Waals surface area contributed by atoms with Crippen LogP contribution >= 0.6 is 35.0 Å². The monoisotopic (exact) mass is 654 g/mol. The van der Waals surface area contributed by atoms with E-state index < -0.39 is 11.2 Å². The van der Waals surface area contributed by atoms with Gasteiger partial charge in [0.15, 0.2) is 0 Å². The van der Waals surface area contributed by atoms with Crippen molar-refractivity contribution in [1.82, 2.24) is 0 Å². The minimum Gasteiger partial charge on any atom is -0.491 e. The molecule has 0 aliphatic heterocycles. The normalized spacial score (nSPS) is 16.9. The van der Waals surface area contributed by atoms with Gasteiger partial charge in [-0.2, -0.15) is 11.8 Å². The van der Waals surface area contributed by atoms with Gasteiger partial charge < -0.3 is 18.9 Å². The average Bonchev–Trinajstić information content (AvgIpc) is 2.89. The summed E-state index contributed by atoms with van der Waals surface area (Å²) in [5.41, 5.74) is 1.33. The summed E-state index contributed by atoms with van der Waals surface area (Å²) in [6, 6.07) is 16.5. The lowest BCUT2D eigenvalue weighted by Gasteiger charge is -2.37. The maximum atomic E-state index is 7.03. The Hall–Kier alpha value is -1.11. The first-order valence-corrected chi connectivity index (χ1v) is 17.5. The van der Waals surface area contributed by atoms with Gasteiger partial charge in [0.05, 0.1) is 23.0 Å². The van der Waals surface area contributed by atoms with Crippen molar-refractivity contribution in [2.24, 2.45) is 0 Å². The maximum Gasteiger partial charge on any atom is 0.119 e. The number of thioether (sulfide) groups is 1. The first-order valence-electron chi connectivity index (χ1n) is 15.4. The molecule has 0 spiro atoms. The van der Waals surface area contributed by atoms with Gasteiger partial charge in [-0.1, -0.05) is 65.8 Å². The van der Waals surface area contributed by atoms with E-state index in [0.717, 1.165) is 11.5 Å². The van der Waals surface area contributed by atoms with Gasteiger partial charge in [0, 0.05) is 11.5 Å².